The summed E-state index contributed by atoms with van der Waals surface area (Å²) in [5.41, 5.74) is 2.74. The van der Waals surface area contributed by atoms with E-state index in [9.17, 15) is 4.79 Å². The number of methoxy groups -OCH3 is 2. The minimum absolute atomic E-state index is 0.110. The number of amides is 1. The number of thioether (sulfide) groups is 1. The van der Waals surface area contributed by atoms with Gasteiger partial charge in [0.1, 0.15) is 11.5 Å². The molecule has 0 bridgehead atoms. The van der Waals surface area contributed by atoms with Crippen molar-refractivity contribution >= 4 is 23.4 Å². The molecular formula is C20H29N3O3S. The van der Waals surface area contributed by atoms with Crippen LogP contribution in [-0.2, 0) is 11.3 Å². The largest absolute Gasteiger partial charge is 0.497 e. The van der Waals surface area contributed by atoms with E-state index in [-0.39, 0.29) is 11.2 Å². The molecule has 1 unspecified atom stereocenters. The second-order valence-electron chi connectivity index (χ2n) is 6.89. The minimum Gasteiger partial charge on any atom is -0.497 e. The minimum atomic E-state index is -0.312. The van der Waals surface area contributed by atoms with Crippen LogP contribution < -0.4 is 14.8 Å². The van der Waals surface area contributed by atoms with Crippen molar-refractivity contribution < 1.29 is 14.3 Å². The van der Waals surface area contributed by atoms with Crippen molar-refractivity contribution in [1.29, 1.82) is 0 Å². The Bertz CT molecular complexity index is 802. The smallest absolute Gasteiger partial charge is 0.237 e. The Morgan fingerprint density at radius 3 is 2.52 bits per heavy atom. The molecule has 0 saturated heterocycles. The number of hydrogen-bond donors (Lipinski definition) is 1. The van der Waals surface area contributed by atoms with Crippen LogP contribution in [0.1, 0.15) is 32.2 Å². The van der Waals surface area contributed by atoms with Gasteiger partial charge in [-0.1, -0.05) is 25.6 Å². The highest BCUT2D eigenvalue weighted by Gasteiger charge is 2.21. The van der Waals surface area contributed by atoms with Crippen molar-refractivity contribution in [3.8, 4) is 11.5 Å². The van der Waals surface area contributed by atoms with Crippen LogP contribution in [0.4, 0.5) is 5.69 Å². The normalized spacial score (nSPS) is 12.1. The Hall–Kier alpha value is -2.15. The summed E-state index contributed by atoms with van der Waals surface area (Å²) < 4.78 is 12.8. The molecule has 148 valence electrons. The molecular weight excluding hydrogens is 362 g/mol. The van der Waals surface area contributed by atoms with Gasteiger partial charge in [-0.2, -0.15) is 0 Å². The summed E-state index contributed by atoms with van der Waals surface area (Å²) in [6.07, 6.45) is 0. The molecule has 1 heterocycles. The van der Waals surface area contributed by atoms with Gasteiger partial charge in [0, 0.05) is 18.3 Å². The van der Waals surface area contributed by atoms with Crippen LogP contribution in [0, 0.1) is 19.8 Å². The first-order valence-corrected chi connectivity index (χ1v) is 9.88. The predicted octanol–water partition coefficient (Wildman–Crippen LogP) is 4.29. The number of nitrogens with one attached hydrogen (secondary N) is 1. The highest BCUT2D eigenvalue weighted by atomic mass is 32.2. The third kappa shape index (κ3) is 5.19. The van der Waals surface area contributed by atoms with Crippen LogP contribution in [0.2, 0.25) is 0 Å². The number of nitrogens with zero attached hydrogens (tertiary/aromatic N) is 2. The van der Waals surface area contributed by atoms with Crippen LogP contribution in [0.25, 0.3) is 0 Å². The number of rotatable bonds is 8. The summed E-state index contributed by atoms with van der Waals surface area (Å²) in [5, 5.41) is 3.50. The van der Waals surface area contributed by atoms with Crippen molar-refractivity contribution in [3.05, 3.63) is 29.6 Å². The summed E-state index contributed by atoms with van der Waals surface area (Å²) >= 11 is 1.47. The Labute approximate surface area is 165 Å². The monoisotopic (exact) mass is 391 g/mol. The van der Waals surface area contributed by atoms with E-state index in [1.165, 1.54) is 11.8 Å². The molecule has 1 atom stereocenters. The van der Waals surface area contributed by atoms with Crippen molar-refractivity contribution in [1.82, 2.24) is 9.55 Å². The fourth-order valence-corrected chi connectivity index (χ4v) is 3.66. The number of aryl methyl sites for hydroxylation is 1. The van der Waals surface area contributed by atoms with Gasteiger partial charge >= 0.3 is 0 Å². The maximum Gasteiger partial charge on any atom is 0.237 e. The zero-order valence-corrected chi connectivity index (χ0v) is 17.9. The van der Waals surface area contributed by atoms with Gasteiger partial charge in [0.15, 0.2) is 5.16 Å². The van der Waals surface area contributed by atoms with Crippen LogP contribution in [0.15, 0.2) is 23.4 Å². The number of benzene rings is 1. The molecule has 0 aliphatic rings. The SMILES string of the molecule is COc1ccc(OC)c(NC(=O)C(C)Sc2nc(C)c(C)n2CC(C)C)c1. The van der Waals surface area contributed by atoms with E-state index < -0.39 is 0 Å². The van der Waals surface area contributed by atoms with Gasteiger partial charge in [0.2, 0.25) is 5.91 Å². The molecule has 1 aromatic carbocycles. The molecule has 7 heteroatoms. The van der Waals surface area contributed by atoms with Crippen LogP contribution in [0.5, 0.6) is 11.5 Å². The summed E-state index contributed by atoms with van der Waals surface area (Å²) in [5.74, 6) is 1.64. The fourth-order valence-electron chi connectivity index (χ4n) is 2.65. The summed E-state index contributed by atoms with van der Waals surface area (Å²) in [6.45, 7) is 11.2. The second-order valence-corrected chi connectivity index (χ2v) is 8.19. The molecule has 0 fully saturated rings. The molecule has 0 spiro atoms. The highest BCUT2D eigenvalue weighted by Crippen LogP contribution is 2.31. The Kier molecular flexibility index (Phi) is 7.18. The number of anilines is 1. The number of carbonyl (C=O) groups excluding carboxylic acids is 1. The van der Waals surface area contributed by atoms with Gasteiger partial charge in [-0.3, -0.25) is 4.79 Å². The maximum absolute atomic E-state index is 12.7. The van der Waals surface area contributed by atoms with E-state index in [1.807, 2.05) is 13.8 Å². The summed E-state index contributed by atoms with van der Waals surface area (Å²) in [6, 6.07) is 5.32. The topological polar surface area (TPSA) is 65.4 Å². The number of carbonyl (C=O) groups is 1. The lowest BCUT2D eigenvalue weighted by atomic mass is 10.2. The van der Waals surface area contributed by atoms with Crippen molar-refractivity contribution in [2.24, 2.45) is 5.92 Å². The molecule has 0 aliphatic carbocycles. The van der Waals surface area contributed by atoms with Crippen molar-refractivity contribution in [2.75, 3.05) is 19.5 Å². The fraction of sp³-hybridized carbons (Fsp3) is 0.500. The lowest BCUT2D eigenvalue weighted by Crippen LogP contribution is -2.23. The van der Waals surface area contributed by atoms with Gasteiger partial charge in [-0.25, -0.2) is 4.98 Å². The van der Waals surface area contributed by atoms with Gasteiger partial charge in [0.25, 0.3) is 0 Å². The molecule has 0 radical (unpaired) electrons. The van der Waals surface area contributed by atoms with E-state index in [4.69, 9.17) is 9.47 Å². The predicted molar refractivity (Wildman–Crippen MR) is 110 cm³/mol. The third-order valence-corrected chi connectivity index (χ3v) is 5.38. The number of imidazole rings is 1. The standard InChI is InChI=1S/C20H29N3O3S/c1-12(2)11-23-14(4)13(3)21-20(23)27-15(5)19(24)22-17-10-16(25-6)8-9-18(17)26-7/h8-10,12,15H,11H2,1-7H3,(H,22,24). The molecule has 2 aromatic rings. The average Bonchev–Trinajstić information content (AvgIpc) is 2.88. The zero-order chi connectivity index (χ0) is 20.1. The van der Waals surface area contributed by atoms with Crippen molar-refractivity contribution in [2.45, 2.75) is 51.6 Å². The van der Waals surface area contributed by atoms with E-state index >= 15 is 0 Å². The van der Waals surface area contributed by atoms with Gasteiger partial charge in [-0.15, -0.1) is 0 Å². The molecule has 1 N–H and O–H groups in total. The van der Waals surface area contributed by atoms with Gasteiger partial charge < -0.3 is 19.4 Å². The van der Waals surface area contributed by atoms with E-state index in [2.05, 4.69) is 35.6 Å². The quantitative estimate of drug-likeness (QED) is 0.680. The lowest BCUT2D eigenvalue weighted by Gasteiger charge is -2.16. The molecule has 1 aromatic heterocycles. The molecule has 27 heavy (non-hydrogen) atoms. The van der Waals surface area contributed by atoms with E-state index in [1.54, 1.807) is 32.4 Å². The van der Waals surface area contributed by atoms with Gasteiger partial charge in [0.05, 0.1) is 30.9 Å². The van der Waals surface area contributed by atoms with E-state index in [0.29, 0.717) is 23.1 Å². The zero-order valence-electron chi connectivity index (χ0n) is 17.1. The Morgan fingerprint density at radius 2 is 1.93 bits per heavy atom. The highest BCUT2D eigenvalue weighted by molar-refractivity contribution is 8.00. The summed E-state index contributed by atoms with van der Waals surface area (Å²) in [4.78, 5) is 17.4. The van der Waals surface area contributed by atoms with Crippen molar-refractivity contribution in [3.63, 3.8) is 0 Å². The Balaban J connectivity index is 2.16. The average molecular weight is 392 g/mol. The molecule has 6 nitrogen and oxygen atoms in total. The lowest BCUT2D eigenvalue weighted by molar-refractivity contribution is -0.115. The van der Waals surface area contributed by atoms with Crippen LogP contribution in [0.3, 0.4) is 0 Å². The summed E-state index contributed by atoms with van der Waals surface area (Å²) in [7, 11) is 3.16. The maximum atomic E-state index is 12.7. The first-order chi connectivity index (χ1) is 12.8. The van der Waals surface area contributed by atoms with Crippen LogP contribution >= 0.6 is 11.8 Å². The molecule has 0 aliphatic heterocycles. The second kappa shape index (κ2) is 9.17. The van der Waals surface area contributed by atoms with Crippen LogP contribution in [-0.4, -0.2) is 34.9 Å². The molecule has 0 saturated carbocycles. The number of hydrogen-bond acceptors (Lipinski definition) is 5. The number of aromatic nitrogens is 2. The molecule has 2 rings (SSSR count). The first kappa shape index (κ1) is 21.2. The number of ether oxygens (including phenoxy) is 2. The van der Waals surface area contributed by atoms with Gasteiger partial charge in [-0.05, 0) is 38.8 Å². The first-order valence-electron chi connectivity index (χ1n) is 9.00. The van der Waals surface area contributed by atoms with E-state index in [0.717, 1.165) is 23.1 Å². The Morgan fingerprint density at radius 1 is 1.22 bits per heavy atom. The molecule has 1 amide bonds. The third-order valence-electron chi connectivity index (χ3n) is 4.29.